The van der Waals surface area contributed by atoms with Crippen LogP contribution >= 0.6 is 0 Å². The molecule has 1 amide bonds. The van der Waals surface area contributed by atoms with E-state index in [1.807, 2.05) is 18.2 Å². The van der Waals surface area contributed by atoms with Crippen LogP contribution in [0.25, 0.3) is 11.0 Å². The number of carbonyl (C=O) groups is 1. The molecule has 0 aliphatic carbocycles. The van der Waals surface area contributed by atoms with Crippen LogP contribution in [0.4, 0.5) is 0 Å². The first-order valence-electron chi connectivity index (χ1n) is 8.34. The van der Waals surface area contributed by atoms with E-state index in [4.69, 9.17) is 4.98 Å². The number of aromatic amines is 1. The lowest BCUT2D eigenvalue weighted by Gasteiger charge is -2.34. The molecule has 5 nitrogen and oxygen atoms in total. The lowest BCUT2D eigenvalue weighted by atomic mass is 10.0. The van der Waals surface area contributed by atoms with Gasteiger partial charge >= 0.3 is 0 Å². The SMILES string of the molecule is C=CCNC(=O)CCN1CCCC[C@H]1c1nc2ccccc2[nH]1. The molecule has 1 aliphatic rings. The summed E-state index contributed by atoms with van der Waals surface area (Å²) in [7, 11) is 0. The van der Waals surface area contributed by atoms with Crippen molar-refractivity contribution in [3.05, 3.63) is 42.7 Å². The van der Waals surface area contributed by atoms with Gasteiger partial charge in [0.1, 0.15) is 5.82 Å². The maximum Gasteiger partial charge on any atom is 0.221 e. The maximum absolute atomic E-state index is 11.8. The molecule has 1 atom stereocenters. The van der Waals surface area contributed by atoms with Crippen molar-refractivity contribution < 1.29 is 4.79 Å². The Labute approximate surface area is 136 Å². The van der Waals surface area contributed by atoms with Gasteiger partial charge in [0.25, 0.3) is 0 Å². The summed E-state index contributed by atoms with van der Waals surface area (Å²) in [5.74, 6) is 1.11. The number of carbonyl (C=O) groups excluding carboxylic acids is 1. The van der Waals surface area contributed by atoms with Crippen molar-refractivity contribution in [3.63, 3.8) is 0 Å². The highest BCUT2D eigenvalue weighted by atomic mass is 16.1. The first kappa shape index (κ1) is 15.7. The fraction of sp³-hybridized carbons (Fsp3) is 0.444. The topological polar surface area (TPSA) is 61.0 Å². The van der Waals surface area contributed by atoms with Gasteiger partial charge in [-0.05, 0) is 31.5 Å². The third-order valence-electron chi connectivity index (χ3n) is 4.41. The van der Waals surface area contributed by atoms with E-state index >= 15 is 0 Å². The molecule has 1 aromatic heterocycles. The number of likely N-dealkylation sites (tertiary alicyclic amines) is 1. The van der Waals surface area contributed by atoms with Gasteiger partial charge in [-0.2, -0.15) is 0 Å². The summed E-state index contributed by atoms with van der Waals surface area (Å²) in [6, 6.07) is 8.40. The van der Waals surface area contributed by atoms with Gasteiger partial charge in [-0.3, -0.25) is 9.69 Å². The summed E-state index contributed by atoms with van der Waals surface area (Å²) >= 11 is 0. The van der Waals surface area contributed by atoms with Crippen LogP contribution in [0, 0.1) is 0 Å². The molecule has 0 unspecified atom stereocenters. The monoisotopic (exact) mass is 312 g/mol. The largest absolute Gasteiger partial charge is 0.353 e. The smallest absolute Gasteiger partial charge is 0.221 e. The number of amides is 1. The molecule has 1 fully saturated rings. The minimum Gasteiger partial charge on any atom is -0.353 e. The highest BCUT2D eigenvalue weighted by molar-refractivity contribution is 5.76. The van der Waals surface area contributed by atoms with Crippen molar-refractivity contribution in [1.29, 1.82) is 0 Å². The number of hydrogen-bond donors (Lipinski definition) is 2. The Hall–Kier alpha value is -2.14. The number of piperidine rings is 1. The zero-order valence-corrected chi connectivity index (χ0v) is 13.4. The van der Waals surface area contributed by atoms with Gasteiger partial charge in [-0.25, -0.2) is 4.98 Å². The molecular formula is C18H24N4O. The molecule has 1 aromatic carbocycles. The number of para-hydroxylation sites is 2. The molecule has 0 radical (unpaired) electrons. The number of H-pyrrole nitrogens is 1. The molecule has 0 spiro atoms. The molecule has 2 aromatic rings. The van der Waals surface area contributed by atoms with Gasteiger partial charge < -0.3 is 10.3 Å². The van der Waals surface area contributed by atoms with E-state index in [0.29, 0.717) is 13.0 Å². The Morgan fingerprint density at radius 1 is 1.43 bits per heavy atom. The fourth-order valence-electron chi connectivity index (χ4n) is 3.22. The number of benzene rings is 1. The third-order valence-corrected chi connectivity index (χ3v) is 4.41. The van der Waals surface area contributed by atoms with Crippen molar-refractivity contribution in [2.45, 2.75) is 31.7 Å². The van der Waals surface area contributed by atoms with Crippen LogP contribution in [-0.2, 0) is 4.79 Å². The van der Waals surface area contributed by atoms with E-state index in [1.54, 1.807) is 6.08 Å². The van der Waals surface area contributed by atoms with Crippen LogP contribution in [0.15, 0.2) is 36.9 Å². The van der Waals surface area contributed by atoms with Crippen LogP contribution in [-0.4, -0.2) is 40.4 Å². The lowest BCUT2D eigenvalue weighted by molar-refractivity contribution is -0.121. The van der Waals surface area contributed by atoms with E-state index in [9.17, 15) is 4.79 Å². The molecular weight excluding hydrogens is 288 g/mol. The second-order valence-electron chi connectivity index (χ2n) is 6.03. The number of nitrogens with one attached hydrogen (secondary N) is 2. The third kappa shape index (κ3) is 3.79. The molecule has 122 valence electrons. The quantitative estimate of drug-likeness (QED) is 0.806. The first-order valence-corrected chi connectivity index (χ1v) is 8.34. The first-order chi connectivity index (χ1) is 11.3. The Balaban J connectivity index is 1.68. The zero-order chi connectivity index (χ0) is 16.1. The summed E-state index contributed by atoms with van der Waals surface area (Å²) in [5.41, 5.74) is 2.09. The molecule has 1 saturated heterocycles. The minimum absolute atomic E-state index is 0.0822. The van der Waals surface area contributed by atoms with E-state index in [0.717, 1.165) is 36.4 Å². The number of hydrogen-bond acceptors (Lipinski definition) is 3. The minimum atomic E-state index is 0.0822. The van der Waals surface area contributed by atoms with Gasteiger partial charge in [-0.1, -0.05) is 24.6 Å². The van der Waals surface area contributed by atoms with Crippen LogP contribution < -0.4 is 5.32 Å². The zero-order valence-electron chi connectivity index (χ0n) is 13.4. The summed E-state index contributed by atoms with van der Waals surface area (Å²) < 4.78 is 0. The van der Waals surface area contributed by atoms with Gasteiger partial charge in [0.15, 0.2) is 0 Å². The summed E-state index contributed by atoms with van der Waals surface area (Å²) in [4.78, 5) is 22.4. The fourth-order valence-corrected chi connectivity index (χ4v) is 3.22. The number of nitrogens with zero attached hydrogens (tertiary/aromatic N) is 2. The Kier molecular flexibility index (Phi) is 5.08. The number of fused-ring (bicyclic) bond motifs is 1. The second kappa shape index (κ2) is 7.42. The Morgan fingerprint density at radius 3 is 3.13 bits per heavy atom. The predicted molar refractivity (Wildman–Crippen MR) is 92.1 cm³/mol. The van der Waals surface area contributed by atoms with Gasteiger partial charge in [0, 0.05) is 19.5 Å². The standard InChI is InChI=1S/C18H24N4O/c1-2-11-19-17(23)10-13-22-12-6-5-9-16(22)18-20-14-7-3-4-8-15(14)21-18/h2-4,7-8,16H,1,5-6,9-13H2,(H,19,23)(H,20,21)/t16-/m0/s1. The second-order valence-corrected chi connectivity index (χ2v) is 6.03. The van der Waals surface area contributed by atoms with Crippen molar-refractivity contribution >= 4 is 16.9 Å². The Bertz CT molecular complexity index is 645. The average molecular weight is 312 g/mol. The molecule has 23 heavy (non-hydrogen) atoms. The number of aromatic nitrogens is 2. The molecule has 0 bridgehead atoms. The molecule has 2 N–H and O–H groups in total. The summed E-state index contributed by atoms with van der Waals surface area (Å²) in [6.07, 6.45) is 5.71. The number of rotatable bonds is 6. The lowest BCUT2D eigenvalue weighted by Crippen LogP contribution is -2.37. The average Bonchev–Trinajstić information content (AvgIpc) is 3.02. The van der Waals surface area contributed by atoms with Gasteiger partial charge in [0.2, 0.25) is 5.91 Å². The Morgan fingerprint density at radius 2 is 2.30 bits per heavy atom. The summed E-state index contributed by atoms with van der Waals surface area (Å²) in [6.45, 7) is 5.94. The van der Waals surface area contributed by atoms with Gasteiger partial charge in [-0.15, -0.1) is 6.58 Å². The van der Waals surface area contributed by atoms with E-state index in [2.05, 4.69) is 27.8 Å². The molecule has 0 saturated carbocycles. The van der Waals surface area contributed by atoms with Crippen molar-refractivity contribution in [2.75, 3.05) is 19.6 Å². The predicted octanol–water partition coefficient (Wildman–Crippen LogP) is 2.78. The van der Waals surface area contributed by atoms with Crippen molar-refractivity contribution in [1.82, 2.24) is 20.2 Å². The van der Waals surface area contributed by atoms with Crippen LogP contribution in [0.5, 0.6) is 0 Å². The molecule has 2 heterocycles. The molecule has 3 rings (SSSR count). The molecule has 5 heteroatoms. The van der Waals surface area contributed by atoms with E-state index in [-0.39, 0.29) is 11.9 Å². The number of imidazole rings is 1. The van der Waals surface area contributed by atoms with Crippen molar-refractivity contribution in [3.8, 4) is 0 Å². The summed E-state index contributed by atoms with van der Waals surface area (Å²) in [5, 5.41) is 2.84. The highest BCUT2D eigenvalue weighted by Gasteiger charge is 2.26. The normalized spacial score (nSPS) is 18.9. The maximum atomic E-state index is 11.8. The van der Waals surface area contributed by atoms with Crippen molar-refractivity contribution in [2.24, 2.45) is 0 Å². The van der Waals surface area contributed by atoms with E-state index < -0.39 is 0 Å². The van der Waals surface area contributed by atoms with Crippen LogP contribution in [0.2, 0.25) is 0 Å². The van der Waals surface area contributed by atoms with Crippen LogP contribution in [0.3, 0.4) is 0 Å². The van der Waals surface area contributed by atoms with E-state index in [1.165, 1.54) is 12.8 Å². The molecule has 1 aliphatic heterocycles. The van der Waals surface area contributed by atoms with Gasteiger partial charge in [0.05, 0.1) is 17.1 Å². The van der Waals surface area contributed by atoms with Crippen LogP contribution in [0.1, 0.15) is 37.5 Å². The highest BCUT2D eigenvalue weighted by Crippen LogP contribution is 2.30.